The van der Waals surface area contributed by atoms with Crippen LogP contribution in [0.15, 0.2) is 48.5 Å². The van der Waals surface area contributed by atoms with E-state index in [9.17, 15) is 4.79 Å². The molecule has 0 radical (unpaired) electrons. The summed E-state index contributed by atoms with van der Waals surface area (Å²) in [6.45, 7) is 4.78. The number of aromatic amines is 1. The zero-order valence-corrected chi connectivity index (χ0v) is 13.2. The molecular formula is C19H20N2O. The number of nitrogens with one attached hydrogen (secondary N) is 1. The molecule has 3 heteroatoms. The first kappa shape index (κ1) is 14.4. The Kier molecular flexibility index (Phi) is 3.72. The van der Waals surface area contributed by atoms with E-state index in [2.05, 4.69) is 37.0 Å². The van der Waals surface area contributed by atoms with Crippen molar-refractivity contribution in [3.8, 4) is 0 Å². The van der Waals surface area contributed by atoms with Crippen LogP contribution in [0.25, 0.3) is 10.9 Å². The highest BCUT2D eigenvalue weighted by atomic mass is 16.2. The fourth-order valence-electron chi connectivity index (χ4n) is 2.74. The molecule has 2 aromatic carbocycles. The second-order valence-corrected chi connectivity index (χ2v) is 5.86. The summed E-state index contributed by atoms with van der Waals surface area (Å²) in [5.74, 6) is 0.0103. The molecule has 22 heavy (non-hydrogen) atoms. The summed E-state index contributed by atoms with van der Waals surface area (Å²) in [5, 5.41) is 1.06. The lowest BCUT2D eigenvalue weighted by atomic mass is 10.1. The Labute approximate surface area is 130 Å². The number of carbonyl (C=O) groups excluding carboxylic acids is 1. The maximum absolute atomic E-state index is 12.6. The molecule has 1 N–H and O–H groups in total. The number of H-pyrrole nitrogens is 1. The number of rotatable bonds is 3. The fourth-order valence-corrected chi connectivity index (χ4v) is 2.74. The van der Waals surface area contributed by atoms with Crippen molar-refractivity contribution in [3.63, 3.8) is 0 Å². The number of carbonyl (C=O) groups is 1. The van der Waals surface area contributed by atoms with E-state index in [0.717, 1.165) is 10.9 Å². The third-order valence-electron chi connectivity index (χ3n) is 4.01. The lowest BCUT2D eigenvalue weighted by Crippen LogP contribution is -2.26. The lowest BCUT2D eigenvalue weighted by molar-refractivity contribution is 0.0780. The first-order valence-corrected chi connectivity index (χ1v) is 7.44. The normalized spacial score (nSPS) is 10.9. The van der Waals surface area contributed by atoms with Gasteiger partial charge in [-0.25, -0.2) is 0 Å². The van der Waals surface area contributed by atoms with Crippen LogP contribution in [0.1, 0.15) is 27.2 Å². The summed E-state index contributed by atoms with van der Waals surface area (Å²) < 4.78 is 0. The lowest BCUT2D eigenvalue weighted by Gasteiger charge is -2.18. The number of benzene rings is 2. The first-order valence-electron chi connectivity index (χ1n) is 7.44. The van der Waals surface area contributed by atoms with Crippen LogP contribution in [0.3, 0.4) is 0 Å². The topological polar surface area (TPSA) is 36.1 Å². The molecule has 0 atom stereocenters. The average molecular weight is 292 g/mol. The highest BCUT2D eigenvalue weighted by Gasteiger charge is 2.15. The van der Waals surface area contributed by atoms with Gasteiger partial charge >= 0.3 is 0 Å². The van der Waals surface area contributed by atoms with Crippen molar-refractivity contribution in [1.82, 2.24) is 9.88 Å². The summed E-state index contributed by atoms with van der Waals surface area (Å²) in [7, 11) is 1.84. The summed E-state index contributed by atoms with van der Waals surface area (Å²) in [4.78, 5) is 17.5. The summed E-state index contributed by atoms with van der Waals surface area (Å²) >= 11 is 0. The quantitative estimate of drug-likeness (QED) is 0.776. The Balaban J connectivity index is 1.81. The molecule has 3 aromatic rings. The van der Waals surface area contributed by atoms with Gasteiger partial charge in [0.2, 0.25) is 0 Å². The van der Waals surface area contributed by atoms with Crippen LogP contribution in [0.4, 0.5) is 0 Å². The Morgan fingerprint density at radius 1 is 1.09 bits per heavy atom. The zero-order valence-electron chi connectivity index (χ0n) is 13.2. The monoisotopic (exact) mass is 292 g/mol. The van der Waals surface area contributed by atoms with Gasteiger partial charge in [-0.05, 0) is 37.1 Å². The molecule has 1 amide bonds. The number of fused-ring (bicyclic) bond motifs is 1. The minimum Gasteiger partial charge on any atom is -0.351 e. The van der Waals surface area contributed by atoms with Crippen LogP contribution in [-0.4, -0.2) is 22.8 Å². The highest BCUT2D eigenvalue weighted by Crippen LogP contribution is 2.17. The number of hydrogen-bond donors (Lipinski definition) is 1. The Morgan fingerprint density at radius 3 is 2.59 bits per heavy atom. The predicted octanol–water partition coefficient (Wildman–Crippen LogP) is 4.06. The van der Waals surface area contributed by atoms with Crippen LogP contribution >= 0.6 is 0 Å². The van der Waals surface area contributed by atoms with Crippen molar-refractivity contribution in [2.24, 2.45) is 0 Å². The van der Waals surface area contributed by atoms with E-state index in [1.165, 1.54) is 16.7 Å². The molecule has 0 aliphatic heterocycles. The van der Waals surface area contributed by atoms with E-state index in [1.54, 1.807) is 4.90 Å². The van der Waals surface area contributed by atoms with Gasteiger partial charge in [-0.1, -0.05) is 42.0 Å². The van der Waals surface area contributed by atoms with Gasteiger partial charge in [0.1, 0.15) is 5.69 Å². The summed E-state index contributed by atoms with van der Waals surface area (Å²) in [5.41, 5.74) is 5.26. The number of nitrogens with zero attached hydrogens (tertiary/aromatic N) is 1. The van der Waals surface area contributed by atoms with Crippen LogP contribution in [0.2, 0.25) is 0 Å². The van der Waals surface area contributed by atoms with Crippen molar-refractivity contribution in [2.75, 3.05) is 7.05 Å². The predicted molar refractivity (Wildman–Crippen MR) is 90.0 cm³/mol. The summed E-state index contributed by atoms with van der Waals surface area (Å²) in [6.07, 6.45) is 0. The van der Waals surface area contributed by atoms with Gasteiger partial charge < -0.3 is 9.88 Å². The van der Waals surface area contributed by atoms with E-state index in [4.69, 9.17) is 0 Å². The molecule has 1 heterocycles. The Hall–Kier alpha value is -2.55. The number of aryl methyl sites for hydroxylation is 2. The maximum Gasteiger partial charge on any atom is 0.270 e. The molecule has 0 saturated heterocycles. The van der Waals surface area contributed by atoms with Gasteiger partial charge in [-0.3, -0.25) is 4.79 Å². The number of amides is 1. The molecule has 0 saturated carbocycles. The van der Waals surface area contributed by atoms with Crippen LogP contribution in [0, 0.1) is 13.8 Å². The molecular weight excluding hydrogens is 272 g/mol. The van der Waals surface area contributed by atoms with Crippen LogP contribution < -0.4 is 0 Å². The molecule has 0 aliphatic rings. The van der Waals surface area contributed by atoms with Gasteiger partial charge in [-0.15, -0.1) is 0 Å². The molecule has 0 unspecified atom stereocenters. The molecule has 3 nitrogen and oxygen atoms in total. The van der Waals surface area contributed by atoms with Gasteiger partial charge in [0.25, 0.3) is 5.91 Å². The van der Waals surface area contributed by atoms with Crippen molar-refractivity contribution in [2.45, 2.75) is 20.4 Å². The Bertz CT molecular complexity index is 799. The van der Waals surface area contributed by atoms with Gasteiger partial charge in [0, 0.05) is 24.5 Å². The summed E-state index contributed by atoms with van der Waals surface area (Å²) in [6, 6.07) is 16.2. The first-order chi connectivity index (χ1) is 10.5. The molecule has 112 valence electrons. The van der Waals surface area contributed by atoms with E-state index in [0.29, 0.717) is 12.2 Å². The average Bonchev–Trinajstić information content (AvgIpc) is 2.93. The highest BCUT2D eigenvalue weighted by molar-refractivity contribution is 5.97. The second-order valence-electron chi connectivity index (χ2n) is 5.86. The molecule has 0 spiro atoms. The Morgan fingerprint density at radius 2 is 1.86 bits per heavy atom. The van der Waals surface area contributed by atoms with Crippen molar-refractivity contribution < 1.29 is 4.79 Å². The van der Waals surface area contributed by atoms with Crippen molar-refractivity contribution >= 4 is 16.8 Å². The second kappa shape index (κ2) is 5.68. The van der Waals surface area contributed by atoms with E-state index in [1.807, 2.05) is 37.4 Å². The van der Waals surface area contributed by atoms with E-state index in [-0.39, 0.29) is 5.91 Å². The SMILES string of the molecule is Cc1ccc(CN(C)C(=O)c2cc3ccccc3[nH]2)c(C)c1. The largest absolute Gasteiger partial charge is 0.351 e. The van der Waals surface area contributed by atoms with Gasteiger partial charge in [0.15, 0.2) is 0 Å². The molecule has 0 aliphatic carbocycles. The van der Waals surface area contributed by atoms with Crippen molar-refractivity contribution in [3.05, 3.63) is 70.9 Å². The zero-order chi connectivity index (χ0) is 15.7. The minimum absolute atomic E-state index is 0.0103. The molecule has 0 bridgehead atoms. The smallest absolute Gasteiger partial charge is 0.270 e. The molecule has 0 fully saturated rings. The number of hydrogen-bond acceptors (Lipinski definition) is 1. The van der Waals surface area contributed by atoms with Crippen LogP contribution in [0.5, 0.6) is 0 Å². The minimum atomic E-state index is 0.0103. The maximum atomic E-state index is 12.6. The van der Waals surface area contributed by atoms with Gasteiger partial charge in [0.05, 0.1) is 0 Å². The number of para-hydroxylation sites is 1. The third-order valence-corrected chi connectivity index (χ3v) is 4.01. The van der Waals surface area contributed by atoms with Gasteiger partial charge in [-0.2, -0.15) is 0 Å². The molecule has 1 aromatic heterocycles. The van der Waals surface area contributed by atoms with Crippen molar-refractivity contribution in [1.29, 1.82) is 0 Å². The van der Waals surface area contributed by atoms with E-state index < -0.39 is 0 Å². The number of aromatic nitrogens is 1. The molecule has 3 rings (SSSR count). The van der Waals surface area contributed by atoms with E-state index >= 15 is 0 Å². The third kappa shape index (κ3) is 2.75. The van der Waals surface area contributed by atoms with Crippen LogP contribution in [-0.2, 0) is 6.54 Å². The fraction of sp³-hybridized carbons (Fsp3) is 0.211. The standard InChI is InChI=1S/C19H20N2O/c1-13-8-9-16(14(2)10-13)12-21(3)19(22)18-11-15-6-4-5-7-17(15)20-18/h4-11,20H,12H2,1-3H3.